The molecule has 0 spiro atoms. The van der Waals surface area contributed by atoms with Gasteiger partial charge in [0.15, 0.2) is 0 Å². The molecule has 0 atom stereocenters. The highest BCUT2D eigenvalue weighted by Crippen LogP contribution is 2.26. The van der Waals surface area contributed by atoms with Gasteiger partial charge in [-0.1, -0.05) is 29.8 Å². The van der Waals surface area contributed by atoms with Gasteiger partial charge in [0.25, 0.3) is 5.91 Å². The van der Waals surface area contributed by atoms with Gasteiger partial charge in [-0.25, -0.2) is 9.97 Å². The van der Waals surface area contributed by atoms with E-state index in [-0.39, 0.29) is 11.9 Å². The summed E-state index contributed by atoms with van der Waals surface area (Å²) in [5.74, 6) is 0.104. The minimum atomic E-state index is -0.111. The Bertz CT molecular complexity index is 865. The maximum absolute atomic E-state index is 12.2. The third kappa shape index (κ3) is 3.90. The van der Waals surface area contributed by atoms with Crippen LogP contribution < -0.4 is 11.1 Å². The first kappa shape index (κ1) is 16.4. The maximum Gasteiger partial charge on any atom is 0.261 e. The van der Waals surface area contributed by atoms with Crippen LogP contribution in [0.15, 0.2) is 48.7 Å². The predicted octanol–water partition coefficient (Wildman–Crippen LogP) is 3.41. The zero-order valence-electron chi connectivity index (χ0n) is 12.7. The van der Waals surface area contributed by atoms with Crippen molar-refractivity contribution in [3.05, 3.63) is 64.1 Å². The van der Waals surface area contributed by atoms with E-state index in [1.54, 1.807) is 18.3 Å². The molecule has 3 N–H and O–H groups in total. The first-order chi connectivity index (χ1) is 11.6. The summed E-state index contributed by atoms with van der Waals surface area (Å²) in [6.07, 6.45) is 2.28. The number of nitrogens with zero attached hydrogens (tertiary/aromatic N) is 2. The minimum absolute atomic E-state index is 0.111. The molecule has 1 aromatic carbocycles. The molecular formula is C17H15ClN4OS. The summed E-state index contributed by atoms with van der Waals surface area (Å²) in [7, 11) is 0. The summed E-state index contributed by atoms with van der Waals surface area (Å²) in [5.41, 5.74) is 7.32. The molecule has 0 aliphatic carbocycles. The third-order valence-corrected chi connectivity index (χ3v) is 4.87. The molecule has 7 heteroatoms. The number of aromatic nitrogens is 2. The Hall–Kier alpha value is -2.44. The monoisotopic (exact) mass is 358 g/mol. The Morgan fingerprint density at radius 3 is 2.83 bits per heavy atom. The molecule has 0 aliphatic rings. The first-order valence-electron chi connectivity index (χ1n) is 7.34. The van der Waals surface area contributed by atoms with Gasteiger partial charge in [-0.2, -0.15) is 0 Å². The quantitative estimate of drug-likeness (QED) is 0.732. The van der Waals surface area contributed by atoms with Crippen LogP contribution in [-0.2, 0) is 6.42 Å². The van der Waals surface area contributed by atoms with Crippen LogP contribution in [0, 0.1) is 0 Å². The standard InChI is InChI=1S/C17H15ClN4OS/c18-12-4-2-1-3-11(12)7-9-20-16(23)15-6-5-14(24-15)13-8-10-21-17(19)22-13/h1-6,8,10H,7,9H2,(H,20,23)(H2,19,21,22). The zero-order chi connectivity index (χ0) is 16.9. The van der Waals surface area contributed by atoms with E-state index in [4.69, 9.17) is 17.3 Å². The van der Waals surface area contributed by atoms with Gasteiger partial charge < -0.3 is 11.1 Å². The molecule has 2 aromatic heterocycles. The fourth-order valence-electron chi connectivity index (χ4n) is 2.21. The van der Waals surface area contributed by atoms with Crippen LogP contribution in [0.1, 0.15) is 15.2 Å². The van der Waals surface area contributed by atoms with Gasteiger partial charge in [0, 0.05) is 17.8 Å². The highest BCUT2D eigenvalue weighted by atomic mass is 35.5. The number of thiophene rings is 1. The van der Waals surface area contributed by atoms with E-state index in [1.165, 1.54) is 11.3 Å². The number of anilines is 1. The van der Waals surface area contributed by atoms with E-state index >= 15 is 0 Å². The second-order valence-corrected chi connectivity index (χ2v) is 6.55. The number of benzene rings is 1. The van der Waals surface area contributed by atoms with Crippen molar-refractivity contribution in [2.45, 2.75) is 6.42 Å². The van der Waals surface area contributed by atoms with E-state index < -0.39 is 0 Å². The lowest BCUT2D eigenvalue weighted by Crippen LogP contribution is -2.24. The summed E-state index contributed by atoms with van der Waals surface area (Å²) >= 11 is 7.48. The molecule has 0 radical (unpaired) electrons. The lowest BCUT2D eigenvalue weighted by atomic mass is 10.1. The van der Waals surface area contributed by atoms with Crippen molar-refractivity contribution in [3.63, 3.8) is 0 Å². The molecule has 1 amide bonds. The maximum atomic E-state index is 12.2. The van der Waals surface area contributed by atoms with Crippen molar-refractivity contribution in [1.29, 1.82) is 0 Å². The molecule has 0 bridgehead atoms. The second kappa shape index (κ2) is 7.42. The number of nitrogen functional groups attached to an aromatic ring is 1. The summed E-state index contributed by atoms with van der Waals surface area (Å²) in [6, 6.07) is 13.0. The zero-order valence-corrected chi connectivity index (χ0v) is 14.3. The molecule has 0 fully saturated rings. The molecule has 0 aliphatic heterocycles. The number of carbonyl (C=O) groups is 1. The highest BCUT2D eigenvalue weighted by molar-refractivity contribution is 7.17. The fourth-order valence-corrected chi connectivity index (χ4v) is 3.33. The van der Waals surface area contributed by atoms with Crippen molar-refractivity contribution in [3.8, 4) is 10.6 Å². The van der Waals surface area contributed by atoms with E-state index in [2.05, 4.69) is 15.3 Å². The Kier molecular flexibility index (Phi) is 5.08. The van der Waals surface area contributed by atoms with Crippen LogP contribution in [-0.4, -0.2) is 22.4 Å². The number of nitrogens with two attached hydrogens (primary N) is 1. The average molecular weight is 359 g/mol. The van der Waals surface area contributed by atoms with Crippen molar-refractivity contribution < 1.29 is 4.79 Å². The summed E-state index contributed by atoms with van der Waals surface area (Å²) < 4.78 is 0. The minimum Gasteiger partial charge on any atom is -0.368 e. The molecule has 0 unspecified atom stereocenters. The topological polar surface area (TPSA) is 80.9 Å². The molecule has 0 saturated carbocycles. The Balaban J connectivity index is 1.61. The summed E-state index contributed by atoms with van der Waals surface area (Å²) in [5, 5.41) is 3.62. The number of nitrogens with one attached hydrogen (secondary N) is 1. The molecule has 3 aromatic rings. The van der Waals surface area contributed by atoms with Crippen molar-refractivity contribution in [1.82, 2.24) is 15.3 Å². The molecule has 122 valence electrons. The van der Waals surface area contributed by atoms with E-state index in [0.29, 0.717) is 28.6 Å². The molecule has 0 saturated heterocycles. The van der Waals surface area contributed by atoms with Gasteiger partial charge in [0.1, 0.15) is 0 Å². The Labute approximate surface area is 148 Å². The molecule has 24 heavy (non-hydrogen) atoms. The van der Waals surface area contributed by atoms with E-state index in [9.17, 15) is 4.79 Å². The number of amides is 1. The predicted molar refractivity (Wildman–Crippen MR) is 97.2 cm³/mol. The van der Waals surface area contributed by atoms with E-state index in [0.717, 1.165) is 10.4 Å². The van der Waals surface area contributed by atoms with Crippen LogP contribution in [0.25, 0.3) is 10.6 Å². The van der Waals surface area contributed by atoms with Gasteiger partial charge in [-0.15, -0.1) is 11.3 Å². The average Bonchev–Trinajstić information content (AvgIpc) is 3.07. The van der Waals surface area contributed by atoms with Crippen LogP contribution in [0.5, 0.6) is 0 Å². The number of hydrogen-bond acceptors (Lipinski definition) is 5. The van der Waals surface area contributed by atoms with Gasteiger partial charge in [0.05, 0.1) is 15.4 Å². The van der Waals surface area contributed by atoms with Gasteiger partial charge >= 0.3 is 0 Å². The molecule has 2 heterocycles. The van der Waals surface area contributed by atoms with Gasteiger partial charge in [0.2, 0.25) is 5.95 Å². The van der Waals surface area contributed by atoms with Crippen LogP contribution in [0.4, 0.5) is 5.95 Å². The second-order valence-electron chi connectivity index (χ2n) is 5.06. The highest BCUT2D eigenvalue weighted by Gasteiger charge is 2.11. The van der Waals surface area contributed by atoms with Crippen LogP contribution >= 0.6 is 22.9 Å². The van der Waals surface area contributed by atoms with Crippen LogP contribution in [0.3, 0.4) is 0 Å². The largest absolute Gasteiger partial charge is 0.368 e. The number of rotatable bonds is 5. The summed E-state index contributed by atoms with van der Waals surface area (Å²) in [4.78, 5) is 21.8. The van der Waals surface area contributed by atoms with Crippen LogP contribution in [0.2, 0.25) is 5.02 Å². The first-order valence-corrected chi connectivity index (χ1v) is 8.53. The van der Waals surface area contributed by atoms with Crippen molar-refractivity contribution in [2.75, 3.05) is 12.3 Å². The lowest BCUT2D eigenvalue weighted by molar-refractivity contribution is 0.0958. The number of carbonyl (C=O) groups excluding carboxylic acids is 1. The molecular weight excluding hydrogens is 344 g/mol. The number of hydrogen-bond donors (Lipinski definition) is 2. The normalized spacial score (nSPS) is 10.5. The number of halogens is 1. The molecule has 3 rings (SSSR count). The Morgan fingerprint density at radius 2 is 2.04 bits per heavy atom. The van der Waals surface area contributed by atoms with Gasteiger partial charge in [-0.05, 0) is 36.2 Å². The van der Waals surface area contributed by atoms with Gasteiger partial charge in [-0.3, -0.25) is 4.79 Å². The smallest absolute Gasteiger partial charge is 0.261 e. The lowest BCUT2D eigenvalue weighted by Gasteiger charge is -2.05. The summed E-state index contributed by atoms with van der Waals surface area (Å²) in [6.45, 7) is 0.524. The SMILES string of the molecule is Nc1nccc(-c2ccc(C(=O)NCCc3ccccc3Cl)s2)n1. The van der Waals surface area contributed by atoms with E-state index in [1.807, 2.05) is 30.3 Å². The Morgan fingerprint density at radius 1 is 1.21 bits per heavy atom. The fraction of sp³-hybridized carbons (Fsp3) is 0.118. The molecule has 5 nitrogen and oxygen atoms in total. The van der Waals surface area contributed by atoms with Crippen molar-refractivity contribution in [2.24, 2.45) is 0 Å². The third-order valence-electron chi connectivity index (χ3n) is 3.39. The van der Waals surface area contributed by atoms with Crippen molar-refractivity contribution >= 4 is 34.8 Å².